The number of rotatable bonds is 5. The van der Waals surface area contributed by atoms with Crippen LogP contribution in [0.15, 0.2) is 47.4 Å². The summed E-state index contributed by atoms with van der Waals surface area (Å²) in [5.41, 5.74) is 0.335. The first-order chi connectivity index (χ1) is 10.4. The minimum atomic E-state index is -3.84. The van der Waals surface area contributed by atoms with E-state index in [4.69, 9.17) is 16.3 Å². The molecular formula is C15H15ClFNO3S. The Kier molecular flexibility index (Phi) is 4.93. The highest BCUT2D eigenvalue weighted by atomic mass is 35.5. The van der Waals surface area contributed by atoms with Crippen molar-refractivity contribution in [3.63, 3.8) is 0 Å². The SMILES string of the molecule is CCN(c1cc(Cl)ccc1OC)S(=O)(=O)c1ccc(F)cc1. The zero-order valence-corrected chi connectivity index (χ0v) is 13.7. The predicted octanol–water partition coefficient (Wildman–Crippen LogP) is 3.70. The number of hydrogen-bond donors (Lipinski definition) is 0. The molecule has 0 aliphatic heterocycles. The van der Waals surface area contributed by atoms with Gasteiger partial charge in [-0.25, -0.2) is 12.8 Å². The van der Waals surface area contributed by atoms with Crippen molar-refractivity contribution < 1.29 is 17.5 Å². The number of anilines is 1. The number of benzene rings is 2. The lowest BCUT2D eigenvalue weighted by atomic mass is 10.3. The van der Waals surface area contributed by atoms with Crippen molar-refractivity contribution in [2.45, 2.75) is 11.8 Å². The molecule has 0 radical (unpaired) electrons. The zero-order chi connectivity index (χ0) is 16.3. The van der Waals surface area contributed by atoms with Gasteiger partial charge in [0.05, 0.1) is 17.7 Å². The van der Waals surface area contributed by atoms with Crippen LogP contribution in [0.5, 0.6) is 5.75 Å². The van der Waals surface area contributed by atoms with Gasteiger partial charge < -0.3 is 4.74 Å². The van der Waals surface area contributed by atoms with E-state index in [1.54, 1.807) is 19.1 Å². The van der Waals surface area contributed by atoms with Gasteiger partial charge >= 0.3 is 0 Å². The lowest BCUT2D eigenvalue weighted by Crippen LogP contribution is -2.31. The summed E-state index contributed by atoms with van der Waals surface area (Å²) in [5.74, 6) is -0.112. The van der Waals surface area contributed by atoms with E-state index in [0.29, 0.717) is 16.5 Å². The molecule has 0 aliphatic carbocycles. The third-order valence-corrected chi connectivity index (χ3v) is 5.24. The maximum absolute atomic E-state index is 13.0. The second-order valence-electron chi connectivity index (χ2n) is 4.44. The molecule has 2 aromatic carbocycles. The van der Waals surface area contributed by atoms with Crippen LogP contribution in [0.1, 0.15) is 6.92 Å². The normalized spacial score (nSPS) is 11.3. The van der Waals surface area contributed by atoms with Crippen molar-refractivity contribution in [2.24, 2.45) is 0 Å². The number of sulfonamides is 1. The summed E-state index contributed by atoms with van der Waals surface area (Å²) in [5, 5.41) is 0.392. The van der Waals surface area contributed by atoms with E-state index in [2.05, 4.69) is 0 Å². The van der Waals surface area contributed by atoms with Gasteiger partial charge in [-0.1, -0.05) is 11.6 Å². The Balaban J connectivity index is 2.56. The van der Waals surface area contributed by atoms with Crippen LogP contribution in [-0.2, 0) is 10.0 Å². The minimum Gasteiger partial charge on any atom is -0.495 e. The maximum Gasteiger partial charge on any atom is 0.264 e. The first kappa shape index (κ1) is 16.6. The fourth-order valence-electron chi connectivity index (χ4n) is 2.06. The molecule has 0 heterocycles. The summed E-state index contributed by atoms with van der Waals surface area (Å²) in [6.07, 6.45) is 0. The number of halogens is 2. The minimum absolute atomic E-state index is 0.00206. The Bertz CT molecular complexity index is 763. The maximum atomic E-state index is 13.0. The van der Waals surface area contributed by atoms with E-state index in [9.17, 15) is 12.8 Å². The lowest BCUT2D eigenvalue weighted by Gasteiger charge is -2.24. The van der Waals surface area contributed by atoms with Gasteiger partial charge in [0, 0.05) is 11.6 Å². The molecule has 0 bridgehead atoms. The van der Waals surface area contributed by atoms with Crippen LogP contribution in [0.2, 0.25) is 5.02 Å². The summed E-state index contributed by atoms with van der Waals surface area (Å²) >= 11 is 5.97. The Labute approximate surface area is 134 Å². The van der Waals surface area contributed by atoms with Crippen molar-refractivity contribution >= 4 is 27.3 Å². The molecule has 0 spiro atoms. The number of ether oxygens (including phenoxy) is 1. The molecule has 2 aromatic rings. The van der Waals surface area contributed by atoms with E-state index in [0.717, 1.165) is 12.1 Å². The highest BCUT2D eigenvalue weighted by Gasteiger charge is 2.26. The molecule has 0 saturated heterocycles. The Morgan fingerprint density at radius 1 is 1.18 bits per heavy atom. The number of nitrogens with zero attached hydrogens (tertiary/aromatic N) is 1. The van der Waals surface area contributed by atoms with E-state index >= 15 is 0 Å². The molecule has 22 heavy (non-hydrogen) atoms. The highest BCUT2D eigenvalue weighted by molar-refractivity contribution is 7.92. The standard InChI is InChI=1S/C15H15ClFNO3S/c1-3-18(14-10-11(16)4-9-15(14)21-2)22(19,20)13-7-5-12(17)6-8-13/h4-10H,3H2,1-2H3. The molecule has 0 saturated carbocycles. The average Bonchev–Trinajstić information content (AvgIpc) is 2.48. The van der Waals surface area contributed by atoms with E-state index in [1.807, 2.05) is 0 Å². The van der Waals surface area contributed by atoms with Crippen LogP contribution in [-0.4, -0.2) is 22.1 Å². The Morgan fingerprint density at radius 3 is 2.36 bits per heavy atom. The van der Waals surface area contributed by atoms with Crippen molar-refractivity contribution in [3.8, 4) is 5.75 Å². The fourth-order valence-corrected chi connectivity index (χ4v) is 3.70. The largest absolute Gasteiger partial charge is 0.495 e. The molecule has 0 fully saturated rings. The van der Waals surface area contributed by atoms with Crippen LogP contribution in [0.3, 0.4) is 0 Å². The summed E-state index contributed by atoms with van der Waals surface area (Å²) in [4.78, 5) is -0.00206. The summed E-state index contributed by atoms with van der Waals surface area (Å²) < 4.78 is 44.9. The van der Waals surface area contributed by atoms with E-state index in [-0.39, 0.29) is 11.4 Å². The van der Waals surface area contributed by atoms with Crippen LogP contribution >= 0.6 is 11.6 Å². The molecule has 0 aromatic heterocycles. The van der Waals surface area contributed by atoms with Crippen molar-refractivity contribution in [2.75, 3.05) is 18.0 Å². The Morgan fingerprint density at radius 2 is 1.82 bits per heavy atom. The molecule has 0 N–H and O–H groups in total. The summed E-state index contributed by atoms with van der Waals surface area (Å²) in [6, 6.07) is 9.40. The van der Waals surface area contributed by atoms with Crippen LogP contribution in [0, 0.1) is 5.82 Å². The number of hydrogen-bond acceptors (Lipinski definition) is 3. The topological polar surface area (TPSA) is 46.6 Å². The van der Waals surface area contributed by atoms with Crippen molar-refractivity contribution in [3.05, 3.63) is 53.3 Å². The molecular weight excluding hydrogens is 329 g/mol. The van der Waals surface area contributed by atoms with E-state index < -0.39 is 15.8 Å². The van der Waals surface area contributed by atoms with E-state index in [1.165, 1.54) is 29.6 Å². The monoisotopic (exact) mass is 343 g/mol. The highest BCUT2D eigenvalue weighted by Crippen LogP contribution is 2.34. The summed E-state index contributed by atoms with van der Waals surface area (Å²) in [7, 11) is -2.39. The molecule has 0 unspecified atom stereocenters. The van der Waals surface area contributed by atoms with Gasteiger partial charge in [-0.2, -0.15) is 0 Å². The van der Waals surface area contributed by atoms with Crippen molar-refractivity contribution in [1.29, 1.82) is 0 Å². The quantitative estimate of drug-likeness (QED) is 0.831. The third kappa shape index (κ3) is 3.18. The smallest absolute Gasteiger partial charge is 0.264 e. The lowest BCUT2D eigenvalue weighted by molar-refractivity contribution is 0.415. The average molecular weight is 344 g/mol. The molecule has 0 aliphatic rings. The molecule has 7 heteroatoms. The third-order valence-electron chi connectivity index (χ3n) is 3.10. The second kappa shape index (κ2) is 6.54. The Hall–Kier alpha value is -1.79. The van der Waals surface area contributed by atoms with Gasteiger partial charge in [-0.3, -0.25) is 4.31 Å². The molecule has 4 nitrogen and oxygen atoms in total. The molecule has 0 atom stereocenters. The summed E-state index contributed by atoms with van der Waals surface area (Å²) in [6.45, 7) is 1.87. The molecule has 0 amide bonds. The van der Waals surface area contributed by atoms with Gasteiger partial charge in [0.25, 0.3) is 10.0 Å². The first-order valence-corrected chi connectivity index (χ1v) is 8.33. The zero-order valence-electron chi connectivity index (χ0n) is 12.1. The van der Waals surface area contributed by atoms with Gasteiger partial charge in [-0.15, -0.1) is 0 Å². The fraction of sp³-hybridized carbons (Fsp3) is 0.200. The number of methoxy groups -OCH3 is 1. The first-order valence-electron chi connectivity index (χ1n) is 6.52. The molecule has 2 rings (SSSR count). The van der Waals surface area contributed by atoms with Gasteiger partial charge in [0.2, 0.25) is 0 Å². The second-order valence-corrected chi connectivity index (χ2v) is 6.74. The van der Waals surface area contributed by atoms with Crippen molar-refractivity contribution in [1.82, 2.24) is 0 Å². The van der Waals surface area contributed by atoms with Crippen LogP contribution in [0.4, 0.5) is 10.1 Å². The van der Waals surface area contributed by atoms with Gasteiger partial charge in [0.15, 0.2) is 0 Å². The van der Waals surface area contributed by atoms with Crippen LogP contribution in [0.25, 0.3) is 0 Å². The molecule has 118 valence electrons. The van der Waals surface area contributed by atoms with Gasteiger partial charge in [-0.05, 0) is 49.4 Å². The van der Waals surface area contributed by atoms with Gasteiger partial charge in [0.1, 0.15) is 11.6 Å². The van der Waals surface area contributed by atoms with Crippen LogP contribution < -0.4 is 9.04 Å². The predicted molar refractivity (Wildman–Crippen MR) is 84.6 cm³/mol.